The van der Waals surface area contributed by atoms with Crippen molar-refractivity contribution in [2.45, 2.75) is 4.90 Å². The summed E-state index contributed by atoms with van der Waals surface area (Å²) in [4.78, 5) is 10.1. The number of hydrogen-bond donors (Lipinski definition) is 2. The molecule has 0 fully saturated rings. The second kappa shape index (κ2) is 9.12. The minimum absolute atomic E-state index is 0.0466. The van der Waals surface area contributed by atoms with E-state index in [2.05, 4.69) is 15.2 Å². The van der Waals surface area contributed by atoms with Crippen LogP contribution in [0, 0.1) is 10.1 Å². The zero-order valence-corrected chi connectivity index (χ0v) is 17.4. The number of nitro benzene ring substituents is 1. The van der Waals surface area contributed by atoms with Gasteiger partial charge in [-0.3, -0.25) is 20.3 Å². The van der Waals surface area contributed by atoms with Gasteiger partial charge < -0.3 is 0 Å². The summed E-state index contributed by atoms with van der Waals surface area (Å²) in [5.41, 5.74) is 3.13. The van der Waals surface area contributed by atoms with Gasteiger partial charge in [-0.05, 0) is 35.9 Å². The lowest BCUT2D eigenvalue weighted by molar-refractivity contribution is -0.385. The number of rotatable bonds is 7. The molecule has 0 amide bonds. The Morgan fingerprint density at radius 2 is 1.67 bits per heavy atom. The standard InChI is InChI=1S/C19H14Cl2N4O4S/c20-14-7-5-13(6-8-14)12-22-23-18-10-9-15(25(26)27)11-19(18)30(28,29)24-17-4-2-1-3-16(17)21/h1-12,23-24H. The molecule has 2 N–H and O–H groups in total. The summed E-state index contributed by atoms with van der Waals surface area (Å²) < 4.78 is 28.2. The molecule has 0 aliphatic carbocycles. The summed E-state index contributed by atoms with van der Waals surface area (Å²) >= 11 is 11.9. The molecule has 11 heteroatoms. The first-order valence-corrected chi connectivity index (χ1v) is 10.6. The summed E-state index contributed by atoms with van der Waals surface area (Å²) in [5, 5.41) is 15.9. The first kappa shape index (κ1) is 21.6. The molecule has 3 rings (SSSR count). The minimum atomic E-state index is -4.22. The van der Waals surface area contributed by atoms with Crippen molar-refractivity contribution in [1.82, 2.24) is 0 Å². The molecule has 0 aliphatic rings. The second-order valence-corrected chi connectivity index (χ2v) is 8.44. The predicted molar refractivity (Wildman–Crippen MR) is 118 cm³/mol. The van der Waals surface area contributed by atoms with Crippen LogP contribution in [-0.2, 0) is 10.0 Å². The molecule has 3 aromatic rings. The predicted octanol–water partition coefficient (Wildman–Crippen LogP) is 5.15. The van der Waals surface area contributed by atoms with Gasteiger partial charge in [-0.15, -0.1) is 0 Å². The van der Waals surface area contributed by atoms with E-state index in [9.17, 15) is 18.5 Å². The summed E-state index contributed by atoms with van der Waals surface area (Å²) in [6.07, 6.45) is 1.45. The number of anilines is 2. The van der Waals surface area contributed by atoms with Crippen molar-refractivity contribution in [3.63, 3.8) is 0 Å². The van der Waals surface area contributed by atoms with Crippen LogP contribution in [0.25, 0.3) is 0 Å². The van der Waals surface area contributed by atoms with E-state index in [4.69, 9.17) is 23.2 Å². The van der Waals surface area contributed by atoms with Gasteiger partial charge >= 0.3 is 0 Å². The Morgan fingerprint density at radius 3 is 2.33 bits per heavy atom. The maximum absolute atomic E-state index is 12.9. The summed E-state index contributed by atoms with van der Waals surface area (Å²) in [7, 11) is -4.22. The summed E-state index contributed by atoms with van der Waals surface area (Å²) in [6.45, 7) is 0. The number of benzene rings is 3. The van der Waals surface area contributed by atoms with Crippen molar-refractivity contribution in [3.05, 3.63) is 92.5 Å². The lowest BCUT2D eigenvalue weighted by atomic mass is 10.2. The fourth-order valence-corrected chi connectivity index (χ4v) is 4.03. The zero-order valence-electron chi connectivity index (χ0n) is 15.1. The van der Waals surface area contributed by atoms with Crippen LogP contribution in [0.3, 0.4) is 0 Å². The van der Waals surface area contributed by atoms with Crippen molar-refractivity contribution in [2.75, 3.05) is 10.1 Å². The molecule has 154 valence electrons. The van der Waals surface area contributed by atoms with Crippen LogP contribution in [0.15, 0.2) is 76.7 Å². The lowest BCUT2D eigenvalue weighted by Gasteiger charge is -2.12. The Kier molecular flexibility index (Phi) is 6.56. The van der Waals surface area contributed by atoms with Gasteiger partial charge in [0.2, 0.25) is 0 Å². The maximum Gasteiger partial charge on any atom is 0.270 e. The van der Waals surface area contributed by atoms with Crippen LogP contribution in [0.2, 0.25) is 10.0 Å². The van der Waals surface area contributed by atoms with Gasteiger partial charge in [0.15, 0.2) is 0 Å². The van der Waals surface area contributed by atoms with Gasteiger partial charge in [-0.1, -0.05) is 47.5 Å². The van der Waals surface area contributed by atoms with Crippen molar-refractivity contribution in [3.8, 4) is 0 Å². The zero-order chi connectivity index (χ0) is 21.7. The van der Waals surface area contributed by atoms with Crippen LogP contribution in [-0.4, -0.2) is 19.6 Å². The Hall–Kier alpha value is -3.14. The Labute approximate surface area is 182 Å². The summed E-state index contributed by atoms with van der Waals surface area (Å²) in [6, 6.07) is 16.4. The Morgan fingerprint density at radius 1 is 0.967 bits per heavy atom. The molecule has 0 bridgehead atoms. The van der Waals surface area contributed by atoms with Gasteiger partial charge in [-0.2, -0.15) is 5.10 Å². The Balaban J connectivity index is 1.94. The molecule has 0 saturated carbocycles. The third kappa shape index (κ3) is 5.26. The van der Waals surface area contributed by atoms with Crippen molar-refractivity contribution in [1.29, 1.82) is 0 Å². The summed E-state index contributed by atoms with van der Waals surface area (Å²) in [5.74, 6) is 0. The van der Waals surface area contributed by atoms with E-state index in [0.29, 0.717) is 10.6 Å². The van der Waals surface area contributed by atoms with Gasteiger partial charge in [0.25, 0.3) is 15.7 Å². The number of non-ortho nitro benzene ring substituents is 1. The largest absolute Gasteiger partial charge is 0.278 e. The molecule has 30 heavy (non-hydrogen) atoms. The highest BCUT2D eigenvalue weighted by Gasteiger charge is 2.23. The first-order valence-electron chi connectivity index (χ1n) is 8.37. The molecule has 0 spiro atoms. The van der Waals surface area contributed by atoms with Gasteiger partial charge in [0.05, 0.1) is 27.5 Å². The normalized spacial score (nSPS) is 11.4. The van der Waals surface area contributed by atoms with E-state index in [0.717, 1.165) is 6.07 Å². The van der Waals surface area contributed by atoms with Crippen LogP contribution >= 0.6 is 23.2 Å². The molecule has 0 radical (unpaired) electrons. The van der Waals surface area contributed by atoms with E-state index >= 15 is 0 Å². The number of para-hydroxylation sites is 1. The molecule has 3 aromatic carbocycles. The maximum atomic E-state index is 12.9. The number of hydrogen-bond acceptors (Lipinski definition) is 6. The SMILES string of the molecule is O=[N+]([O-])c1ccc(NN=Cc2ccc(Cl)cc2)c(S(=O)(=O)Nc2ccccc2Cl)c1. The molecule has 0 saturated heterocycles. The molecule has 0 aromatic heterocycles. The molecular weight excluding hydrogens is 451 g/mol. The topological polar surface area (TPSA) is 114 Å². The third-order valence-corrected chi connectivity index (χ3v) is 5.84. The third-order valence-electron chi connectivity index (χ3n) is 3.85. The molecule has 0 unspecified atom stereocenters. The monoisotopic (exact) mass is 464 g/mol. The molecule has 0 aliphatic heterocycles. The number of nitrogens with one attached hydrogen (secondary N) is 2. The number of sulfonamides is 1. The molecular formula is C19H14Cl2N4O4S. The van der Waals surface area contributed by atoms with Gasteiger partial charge in [0, 0.05) is 17.2 Å². The second-order valence-electron chi connectivity index (χ2n) is 5.94. The quantitative estimate of drug-likeness (QED) is 0.285. The fourth-order valence-electron chi connectivity index (χ4n) is 2.41. The smallest absolute Gasteiger partial charge is 0.270 e. The number of hydrazone groups is 1. The van der Waals surface area contributed by atoms with Crippen LogP contribution < -0.4 is 10.1 Å². The highest BCUT2D eigenvalue weighted by molar-refractivity contribution is 7.93. The van der Waals surface area contributed by atoms with E-state index < -0.39 is 14.9 Å². The van der Waals surface area contributed by atoms with Crippen molar-refractivity contribution >= 4 is 56.5 Å². The number of nitro groups is 1. The molecule has 8 nitrogen and oxygen atoms in total. The molecule has 0 heterocycles. The van der Waals surface area contributed by atoms with Crippen LogP contribution in [0.5, 0.6) is 0 Å². The van der Waals surface area contributed by atoms with E-state index in [-0.39, 0.29) is 27.0 Å². The highest BCUT2D eigenvalue weighted by atomic mass is 35.5. The van der Waals surface area contributed by atoms with Gasteiger partial charge in [0.1, 0.15) is 4.90 Å². The van der Waals surface area contributed by atoms with E-state index in [1.807, 2.05) is 0 Å². The molecule has 0 atom stereocenters. The van der Waals surface area contributed by atoms with E-state index in [1.54, 1.807) is 36.4 Å². The number of halogens is 2. The van der Waals surface area contributed by atoms with Gasteiger partial charge in [-0.25, -0.2) is 8.42 Å². The van der Waals surface area contributed by atoms with E-state index in [1.165, 1.54) is 30.5 Å². The highest BCUT2D eigenvalue weighted by Crippen LogP contribution is 2.30. The number of nitrogens with zero attached hydrogens (tertiary/aromatic N) is 2. The Bertz CT molecular complexity index is 1220. The van der Waals surface area contributed by atoms with Crippen molar-refractivity contribution < 1.29 is 13.3 Å². The first-order chi connectivity index (χ1) is 14.3. The average Bonchev–Trinajstić information content (AvgIpc) is 2.71. The fraction of sp³-hybridized carbons (Fsp3) is 0. The lowest BCUT2D eigenvalue weighted by Crippen LogP contribution is -2.15. The van der Waals surface area contributed by atoms with Crippen LogP contribution in [0.4, 0.5) is 17.1 Å². The van der Waals surface area contributed by atoms with Crippen LogP contribution in [0.1, 0.15) is 5.56 Å². The minimum Gasteiger partial charge on any atom is -0.278 e. The average molecular weight is 465 g/mol. The van der Waals surface area contributed by atoms with Crippen molar-refractivity contribution in [2.24, 2.45) is 5.10 Å².